The third kappa shape index (κ3) is 2.85. The van der Waals surface area contributed by atoms with Gasteiger partial charge in [0.2, 0.25) is 0 Å². The first kappa shape index (κ1) is 13.4. The fourth-order valence-electron chi connectivity index (χ4n) is 2.16. The number of hydrogen-bond acceptors (Lipinski definition) is 5. The second kappa shape index (κ2) is 5.72. The van der Waals surface area contributed by atoms with Gasteiger partial charge in [-0.25, -0.2) is 4.79 Å². The minimum absolute atomic E-state index is 0.379. The number of carbonyl (C=O) groups is 1. The molecule has 1 aromatic carbocycles. The van der Waals surface area contributed by atoms with Gasteiger partial charge >= 0.3 is 5.97 Å². The topological polar surface area (TPSA) is 62.6 Å². The molecule has 5 nitrogen and oxygen atoms in total. The quantitative estimate of drug-likeness (QED) is 0.749. The molecule has 1 aliphatic rings. The van der Waals surface area contributed by atoms with Crippen molar-refractivity contribution in [1.29, 1.82) is 5.26 Å². The third-order valence-corrected chi connectivity index (χ3v) is 3.14. The van der Waals surface area contributed by atoms with Crippen LogP contribution >= 0.6 is 0 Å². The zero-order valence-electron chi connectivity index (χ0n) is 11.0. The first-order valence-corrected chi connectivity index (χ1v) is 6.11. The molecule has 0 amide bonds. The number of nitriles is 1. The summed E-state index contributed by atoms with van der Waals surface area (Å²) in [7, 11) is 1.34. The predicted octanol–water partition coefficient (Wildman–Crippen LogP) is 1.24. The maximum Gasteiger partial charge on any atom is 0.336 e. The van der Waals surface area contributed by atoms with Crippen LogP contribution in [-0.4, -0.2) is 38.9 Å². The molecule has 5 heteroatoms. The minimum Gasteiger partial charge on any atom is -0.467 e. The molecular weight excluding hydrogens is 244 g/mol. The second-order valence-corrected chi connectivity index (χ2v) is 4.46. The van der Waals surface area contributed by atoms with E-state index in [2.05, 4.69) is 6.07 Å². The van der Waals surface area contributed by atoms with Gasteiger partial charge in [-0.15, -0.1) is 0 Å². The lowest BCUT2D eigenvalue weighted by atomic mass is 10.1. The Labute approximate surface area is 112 Å². The summed E-state index contributed by atoms with van der Waals surface area (Å²) in [5.41, 5.74) is 2.49. The fourth-order valence-corrected chi connectivity index (χ4v) is 2.16. The van der Waals surface area contributed by atoms with Crippen molar-refractivity contribution in [2.75, 3.05) is 31.7 Å². The zero-order valence-corrected chi connectivity index (χ0v) is 11.0. The van der Waals surface area contributed by atoms with Gasteiger partial charge in [-0.05, 0) is 24.6 Å². The molecule has 0 N–H and O–H groups in total. The van der Waals surface area contributed by atoms with Crippen LogP contribution in [0.15, 0.2) is 18.2 Å². The van der Waals surface area contributed by atoms with E-state index in [1.807, 2.05) is 30.0 Å². The number of rotatable bonds is 2. The van der Waals surface area contributed by atoms with Crippen molar-refractivity contribution >= 4 is 11.7 Å². The van der Waals surface area contributed by atoms with Gasteiger partial charge < -0.3 is 14.4 Å². The molecule has 1 fully saturated rings. The molecule has 1 atom stereocenters. The van der Waals surface area contributed by atoms with Crippen molar-refractivity contribution in [1.82, 2.24) is 0 Å². The van der Waals surface area contributed by atoms with Crippen LogP contribution in [-0.2, 0) is 14.3 Å². The summed E-state index contributed by atoms with van der Waals surface area (Å²) in [5.74, 6) is -0.379. The zero-order chi connectivity index (χ0) is 13.8. The van der Waals surface area contributed by atoms with Crippen molar-refractivity contribution in [2.45, 2.75) is 13.0 Å². The molecule has 1 unspecified atom stereocenters. The van der Waals surface area contributed by atoms with Gasteiger partial charge in [0.25, 0.3) is 0 Å². The number of anilines is 1. The highest BCUT2D eigenvalue weighted by Crippen LogP contribution is 2.23. The minimum atomic E-state index is -0.591. The van der Waals surface area contributed by atoms with Crippen LogP contribution in [0.4, 0.5) is 5.69 Å². The van der Waals surface area contributed by atoms with Crippen molar-refractivity contribution < 1.29 is 14.3 Å². The third-order valence-electron chi connectivity index (χ3n) is 3.14. The SMILES string of the molecule is COC(=O)C1CN(c2ccc(C)cc2C#N)CCO1. The highest BCUT2D eigenvalue weighted by molar-refractivity contribution is 5.76. The molecule has 0 saturated carbocycles. The maximum absolute atomic E-state index is 11.5. The van der Waals surface area contributed by atoms with Gasteiger partial charge in [-0.1, -0.05) is 6.07 Å². The number of esters is 1. The van der Waals surface area contributed by atoms with E-state index in [0.717, 1.165) is 11.3 Å². The lowest BCUT2D eigenvalue weighted by molar-refractivity contribution is -0.154. The van der Waals surface area contributed by atoms with Crippen LogP contribution in [0.2, 0.25) is 0 Å². The summed E-state index contributed by atoms with van der Waals surface area (Å²) in [6.07, 6.45) is -0.591. The summed E-state index contributed by atoms with van der Waals surface area (Å²) in [6, 6.07) is 7.91. The smallest absolute Gasteiger partial charge is 0.336 e. The number of ether oxygens (including phenoxy) is 2. The Kier molecular flexibility index (Phi) is 4.03. The number of benzene rings is 1. The van der Waals surface area contributed by atoms with Gasteiger partial charge in [-0.3, -0.25) is 0 Å². The van der Waals surface area contributed by atoms with Gasteiger partial charge in [0.15, 0.2) is 6.10 Å². The number of carbonyl (C=O) groups excluding carboxylic acids is 1. The molecular formula is C14H16N2O3. The number of hydrogen-bond donors (Lipinski definition) is 0. The fraction of sp³-hybridized carbons (Fsp3) is 0.429. The van der Waals surface area contributed by atoms with Crippen LogP contribution in [0.5, 0.6) is 0 Å². The average molecular weight is 260 g/mol. The summed E-state index contributed by atoms with van der Waals surface area (Å²) in [5, 5.41) is 9.20. The van der Waals surface area contributed by atoms with E-state index in [9.17, 15) is 10.1 Å². The molecule has 2 rings (SSSR count). The highest BCUT2D eigenvalue weighted by atomic mass is 16.6. The lowest BCUT2D eigenvalue weighted by Gasteiger charge is -2.33. The monoisotopic (exact) mass is 260 g/mol. The molecule has 0 radical (unpaired) electrons. The Morgan fingerprint density at radius 1 is 1.58 bits per heavy atom. The first-order chi connectivity index (χ1) is 9.15. The molecule has 0 aliphatic carbocycles. The van der Waals surface area contributed by atoms with Crippen molar-refractivity contribution in [3.8, 4) is 6.07 Å². The molecule has 0 spiro atoms. The van der Waals surface area contributed by atoms with E-state index in [1.54, 1.807) is 0 Å². The molecule has 1 aromatic rings. The average Bonchev–Trinajstić information content (AvgIpc) is 2.46. The van der Waals surface area contributed by atoms with Gasteiger partial charge in [-0.2, -0.15) is 5.26 Å². The molecule has 100 valence electrons. The molecule has 0 aromatic heterocycles. The maximum atomic E-state index is 11.5. The van der Waals surface area contributed by atoms with Crippen LogP contribution in [0.3, 0.4) is 0 Å². The first-order valence-electron chi connectivity index (χ1n) is 6.11. The van der Waals surface area contributed by atoms with Gasteiger partial charge in [0, 0.05) is 6.54 Å². The Bertz CT molecular complexity index is 522. The van der Waals surface area contributed by atoms with Gasteiger partial charge in [0.1, 0.15) is 6.07 Å². The molecule has 19 heavy (non-hydrogen) atoms. The van der Waals surface area contributed by atoms with E-state index >= 15 is 0 Å². The molecule has 1 aliphatic heterocycles. The Balaban J connectivity index is 2.22. The van der Waals surface area contributed by atoms with Crippen LogP contribution in [0.1, 0.15) is 11.1 Å². The number of methoxy groups -OCH3 is 1. The summed E-state index contributed by atoms with van der Waals surface area (Å²) >= 11 is 0. The Morgan fingerprint density at radius 3 is 3.05 bits per heavy atom. The molecule has 1 heterocycles. The van der Waals surface area contributed by atoms with Crippen LogP contribution in [0, 0.1) is 18.3 Å². The van der Waals surface area contributed by atoms with Crippen LogP contribution in [0.25, 0.3) is 0 Å². The lowest BCUT2D eigenvalue weighted by Crippen LogP contribution is -2.46. The largest absolute Gasteiger partial charge is 0.467 e. The van der Waals surface area contributed by atoms with E-state index in [0.29, 0.717) is 25.3 Å². The predicted molar refractivity (Wildman–Crippen MR) is 69.9 cm³/mol. The molecule has 0 bridgehead atoms. The highest BCUT2D eigenvalue weighted by Gasteiger charge is 2.28. The summed E-state index contributed by atoms with van der Waals surface area (Å²) in [6.45, 7) is 3.45. The summed E-state index contributed by atoms with van der Waals surface area (Å²) in [4.78, 5) is 13.5. The number of nitrogens with zero attached hydrogens (tertiary/aromatic N) is 2. The van der Waals surface area contributed by atoms with E-state index in [-0.39, 0.29) is 5.97 Å². The number of morpholine rings is 1. The van der Waals surface area contributed by atoms with Crippen molar-refractivity contribution in [3.05, 3.63) is 29.3 Å². The van der Waals surface area contributed by atoms with Crippen molar-refractivity contribution in [3.63, 3.8) is 0 Å². The van der Waals surface area contributed by atoms with Gasteiger partial charge in [0.05, 0.1) is 31.5 Å². The van der Waals surface area contributed by atoms with Crippen molar-refractivity contribution in [2.24, 2.45) is 0 Å². The molecule has 1 saturated heterocycles. The van der Waals surface area contributed by atoms with E-state index < -0.39 is 6.10 Å². The number of aryl methyl sites for hydroxylation is 1. The Hall–Kier alpha value is -2.06. The Morgan fingerprint density at radius 2 is 2.37 bits per heavy atom. The van der Waals surface area contributed by atoms with Crippen LogP contribution < -0.4 is 4.90 Å². The summed E-state index contributed by atoms with van der Waals surface area (Å²) < 4.78 is 10.1. The standard InChI is InChI=1S/C14H16N2O3/c1-10-3-4-12(11(7-10)8-15)16-5-6-19-13(9-16)14(17)18-2/h3-4,7,13H,5-6,9H2,1-2H3. The van der Waals surface area contributed by atoms with E-state index in [4.69, 9.17) is 9.47 Å². The van der Waals surface area contributed by atoms with E-state index in [1.165, 1.54) is 7.11 Å². The second-order valence-electron chi connectivity index (χ2n) is 4.46. The normalized spacial score (nSPS) is 18.8.